The van der Waals surface area contributed by atoms with Crippen LogP contribution in [0.5, 0.6) is 0 Å². The van der Waals surface area contributed by atoms with E-state index in [9.17, 15) is 17.2 Å². The minimum absolute atomic E-state index is 0.0828. The van der Waals surface area contributed by atoms with Gasteiger partial charge in [-0.2, -0.15) is 0 Å². The van der Waals surface area contributed by atoms with Gasteiger partial charge in [-0.25, -0.2) is 17.2 Å². The van der Waals surface area contributed by atoms with Crippen LogP contribution >= 0.6 is 15.9 Å². The van der Waals surface area contributed by atoms with Crippen LogP contribution in [-0.2, 0) is 10.0 Å². The molecule has 0 aliphatic heterocycles. The highest BCUT2D eigenvalue weighted by atomic mass is 79.9. The van der Waals surface area contributed by atoms with Crippen LogP contribution in [-0.4, -0.2) is 8.42 Å². The van der Waals surface area contributed by atoms with Crippen LogP contribution in [0.4, 0.5) is 20.2 Å². The quantitative estimate of drug-likeness (QED) is 0.806. The summed E-state index contributed by atoms with van der Waals surface area (Å²) in [5.74, 6) is -1.25. The van der Waals surface area contributed by atoms with E-state index in [1.807, 2.05) is 0 Å². The molecule has 0 aliphatic rings. The predicted octanol–water partition coefficient (Wildman–Crippen LogP) is 3.42. The Morgan fingerprint density at radius 1 is 1.19 bits per heavy atom. The Labute approximate surface area is 129 Å². The van der Waals surface area contributed by atoms with E-state index < -0.39 is 21.7 Å². The molecule has 0 unspecified atom stereocenters. The van der Waals surface area contributed by atoms with Gasteiger partial charge in [0.15, 0.2) is 0 Å². The summed E-state index contributed by atoms with van der Waals surface area (Å²) >= 11 is 3.01. The van der Waals surface area contributed by atoms with Crippen LogP contribution in [0, 0.1) is 18.6 Å². The minimum atomic E-state index is -4.04. The maximum Gasteiger partial charge on any atom is 0.263 e. The fourth-order valence-electron chi connectivity index (χ4n) is 1.72. The van der Waals surface area contributed by atoms with Crippen LogP contribution in [0.2, 0.25) is 0 Å². The van der Waals surface area contributed by atoms with Crippen molar-refractivity contribution in [3.63, 3.8) is 0 Å². The molecule has 0 saturated heterocycles. The number of hydrogen-bond donors (Lipinski definition) is 2. The summed E-state index contributed by atoms with van der Waals surface area (Å²) in [5.41, 5.74) is 5.89. The van der Waals surface area contributed by atoms with Gasteiger partial charge in [0.2, 0.25) is 0 Å². The van der Waals surface area contributed by atoms with Crippen molar-refractivity contribution in [3.05, 3.63) is 52.0 Å². The first-order valence-electron chi connectivity index (χ1n) is 5.74. The van der Waals surface area contributed by atoms with Crippen molar-refractivity contribution in [2.45, 2.75) is 11.8 Å². The van der Waals surface area contributed by atoms with E-state index in [0.29, 0.717) is 5.56 Å². The zero-order valence-electron chi connectivity index (χ0n) is 10.8. The van der Waals surface area contributed by atoms with Gasteiger partial charge < -0.3 is 5.73 Å². The zero-order valence-corrected chi connectivity index (χ0v) is 13.2. The third-order valence-electron chi connectivity index (χ3n) is 2.77. The second-order valence-electron chi connectivity index (χ2n) is 4.37. The monoisotopic (exact) mass is 376 g/mol. The summed E-state index contributed by atoms with van der Waals surface area (Å²) in [6.07, 6.45) is 0. The molecule has 0 spiro atoms. The number of sulfonamides is 1. The number of aryl methyl sites for hydroxylation is 1. The van der Waals surface area contributed by atoms with Crippen molar-refractivity contribution in [2.24, 2.45) is 0 Å². The number of hydrogen-bond acceptors (Lipinski definition) is 3. The van der Waals surface area contributed by atoms with Crippen LogP contribution in [0.25, 0.3) is 0 Å². The second-order valence-corrected chi connectivity index (χ2v) is 6.87. The molecule has 0 atom stereocenters. The van der Waals surface area contributed by atoms with Gasteiger partial charge in [-0.05, 0) is 58.7 Å². The minimum Gasteiger partial charge on any atom is -0.398 e. The fourth-order valence-corrected chi connectivity index (χ4v) is 3.41. The SMILES string of the molecule is Cc1cc(Br)c(F)cc1NS(=O)(=O)c1ccc(F)cc1N. The number of halogens is 3. The molecular weight excluding hydrogens is 366 g/mol. The summed E-state index contributed by atoms with van der Waals surface area (Å²) in [4.78, 5) is -0.272. The number of nitrogens with one attached hydrogen (secondary N) is 1. The van der Waals surface area contributed by atoms with Gasteiger partial charge in [-0.15, -0.1) is 0 Å². The standard InChI is InChI=1S/C13H11BrF2N2O2S/c1-7-4-9(14)10(16)6-12(7)18-21(19,20)13-3-2-8(15)5-11(13)17/h2-6,18H,17H2,1H3. The third-order valence-corrected chi connectivity index (χ3v) is 4.82. The highest BCUT2D eigenvalue weighted by Gasteiger charge is 2.19. The fraction of sp³-hybridized carbons (Fsp3) is 0.0769. The van der Waals surface area contributed by atoms with E-state index in [2.05, 4.69) is 20.7 Å². The highest BCUT2D eigenvalue weighted by molar-refractivity contribution is 9.10. The van der Waals surface area contributed by atoms with Crippen LogP contribution in [0.15, 0.2) is 39.7 Å². The summed E-state index contributed by atoms with van der Waals surface area (Å²) < 4.78 is 53.4. The summed E-state index contributed by atoms with van der Waals surface area (Å²) in [6, 6.07) is 5.44. The molecule has 0 radical (unpaired) electrons. The molecule has 0 fully saturated rings. The normalized spacial score (nSPS) is 11.4. The van der Waals surface area contributed by atoms with Gasteiger partial charge in [0.05, 0.1) is 15.8 Å². The van der Waals surface area contributed by atoms with Crippen LogP contribution in [0.1, 0.15) is 5.56 Å². The van der Waals surface area contributed by atoms with Crippen molar-refractivity contribution in [2.75, 3.05) is 10.5 Å². The number of benzene rings is 2. The molecule has 0 heterocycles. The Kier molecular flexibility index (Phi) is 4.20. The van der Waals surface area contributed by atoms with Crippen LogP contribution in [0.3, 0.4) is 0 Å². The molecule has 2 aromatic rings. The molecular formula is C13H11BrF2N2O2S. The molecule has 4 nitrogen and oxygen atoms in total. The van der Waals surface area contributed by atoms with E-state index in [-0.39, 0.29) is 20.7 Å². The molecule has 2 aromatic carbocycles. The first-order valence-corrected chi connectivity index (χ1v) is 8.02. The molecule has 3 N–H and O–H groups in total. The zero-order chi connectivity index (χ0) is 15.8. The van der Waals surface area contributed by atoms with Gasteiger partial charge in [0, 0.05) is 0 Å². The summed E-state index contributed by atoms with van der Waals surface area (Å²) in [7, 11) is -4.04. The lowest BCUT2D eigenvalue weighted by Crippen LogP contribution is -2.16. The third kappa shape index (κ3) is 3.33. The largest absolute Gasteiger partial charge is 0.398 e. The molecule has 0 bridgehead atoms. The molecule has 0 aliphatic carbocycles. The average molecular weight is 377 g/mol. The molecule has 21 heavy (non-hydrogen) atoms. The number of nitrogens with two attached hydrogens (primary N) is 1. The van der Waals surface area contributed by atoms with Gasteiger partial charge in [-0.1, -0.05) is 0 Å². The van der Waals surface area contributed by atoms with Crippen molar-refractivity contribution in [3.8, 4) is 0 Å². The van der Waals surface area contributed by atoms with E-state index >= 15 is 0 Å². The Hall–Kier alpha value is -1.67. The molecule has 8 heteroatoms. The Morgan fingerprint density at radius 3 is 2.48 bits per heavy atom. The van der Waals surface area contributed by atoms with Crippen molar-refractivity contribution < 1.29 is 17.2 Å². The second kappa shape index (κ2) is 5.61. The lowest BCUT2D eigenvalue weighted by Gasteiger charge is -2.13. The van der Waals surface area contributed by atoms with E-state index in [4.69, 9.17) is 5.73 Å². The van der Waals surface area contributed by atoms with Crippen molar-refractivity contribution >= 4 is 37.3 Å². The maximum absolute atomic E-state index is 13.5. The summed E-state index contributed by atoms with van der Waals surface area (Å²) in [6.45, 7) is 1.62. The van der Waals surface area contributed by atoms with Crippen molar-refractivity contribution in [1.82, 2.24) is 0 Å². The lowest BCUT2D eigenvalue weighted by atomic mass is 10.2. The number of anilines is 2. The van der Waals surface area contributed by atoms with Gasteiger partial charge in [0.25, 0.3) is 10.0 Å². The lowest BCUT2D eigenvalue weighted by molar-refractivity contribution is 0.600. The molecule has 2 rings (SSSR count). The molecule has 112 valence electrons. The smallest absolute Gasteiger partial charge is 0.263 e. The Bertz CT molecular complexity index is 810. The Balaban J connectivity index is 2.45. The van der Waals surface area contributed by atoms with Gasteiger partial charge in [-0.3, -0.25) is 4.72 Å². The van der Waals surface area contributed by atoms with E-state index in [1.54, 1.807) is 6.92 Å². The van der Waals surface area contributed by atoms with Gasteiger partial charge >= 0.3 is 0 Å². The van der Waals surface area contributed by atoms with Crippen LogP contribution < -0.4 is 10.5 Å². The number of nitrogen functional groups attached to an aromatic ring is 1. The first kappa shape index (κ1) is 15.7. The van der Waals surface area contributed by atoms with Gasteiger partial charge in [0.1, 0.15) is 16.5 Å². The van der Waals surface area contributed by atoms with E-state index in [1.165, 1.54) is 6.07 Å². The molecule has 0 amide bonds. The van der Waals surface area contributed by atoms with Crippen molar-refractivity contribution in [1.29, 1.82) is 0 Å². The highest BCUT2D eigenvalue weighted by Crippen LogP contribution is 2.27. The topological polar surface area (TPSA) is 72.2 Å². The maximum atomic E-state index is 13.5. The predicted molar refractivity (Wildman–Crippen MR) is 80.5 cm³/mol. The molecule has 0 saturated carbocycles. The summed E-state index contributed by atoms with van der Waals surface area (Å²) in [5, 5.41) is 0. The first-order chi connectivity index (χ1) is 9.70. The Morgan fingerprint density at radius 2 is 1.86 bits per heavy atom. The molecule has 0 aromatic heterocycles. The van der Waals surface area contributed by atoms with E-state index in [0.717, 1.165) is 24.3 Å². The number of rotatable bonds is 3. The average Bonchev–Trinajstić information content (AvgIpc) is 2.35.